The van der Waals surface area contributed by atoms with Crippen molar-refractivity contribution in [1.82, 2.24) is 0 Å². The molecule has 0 N–H and O–H groups in total. The van der Waals surface area contributed by atoms with Gasteiger partial charge in [-0.2, -0.15) is 0 Å². The number of benzene rings is 7. The lowest BCUT2D eigenvalue weighted by Crippen LogP contribution is -2.32. The fourth-order valence-corrected chi connectivity index (χ4v) is 10.5. The number of para-hydroxylation sites is 2. The Hall–Kier alpha value is -6.58. The number of hydrogen-bond donors (Lipinski definition) is 0. The molecule has 0 fully saturated rings. The molecule has 2 aromatic heterocycles. The maximum Gasteiger partial charge on any atom is 0.143 e. The quantitative estimate of drug-likeness (QED) is 0.180. The zero-order valence-corrected chi connectivity index (χ0v) is 32.6. The molecular weight excluding hydrogens is 695 g/mol. The first-order chi connectivity index (χ1) is 27.8. The van der Waals surface area contributed by atoms with Gasteiger partial charge in [0.05, 0.1) is 6.04 Å². The summed E-state index contributed by atoms with van der Waals surface area (Å²) in [4.78, 5) is 2.57. The highest BCUT2D eigenvalue weighted by Crippen LogP contribution is 2.57. The van der Waals surface area contributed by atoms with Gasteiger partial charge in [-0.1, -0.05) is 149 Å². The van der Waals surface area contributed by atoms with Crippen molar-refractivity contribution >= 4 is 60.8 Å². The number of hydrogen-bond acceptors (Lipinski definition) is 3. The monoisotopic (exact) mass is 735 g/mol. The van der Waals surface area contributed by atoms with E-state index >= 15 is 0 Å². The van der Waals surface area contributed by atoms with E-state index in [0.29, 0.717) is 0 Å². The van der Waals surface area contributed by atoms with E-state index in [1.165, 1.54) is 88.6 Å². The Morgan fingerprint density at radius 1 is 0.509 bits per heavy atom. The van der Waals surface area contributed by atoms with Gasteiger partial charge in [0.25, 0.3) is 0 Å². The molecule has 0 saturated carbocycles. The topological polar surface area (TPSA) is 29.5 Å². The van der Waals surface area contributed by atoms with Gasteiger partial charge < -0.3 is 13.7 Å². The number of anilines is 2. The predicted octanol–water partition coefficient (Wildman–Crippen LogP) is 14.7. The molecule has 1 atom stereocenters. The normalized spacial score (nSPS) is 17.4. The van der Waals surface area contributed by atoms with Crippen molar-refractivity contribution in [3.8, 4) is 22.3 Å². The van der Waals surface area contributed by atoms with Crippen LogP contribution in [0.25, 0.3) is 71.7 Å². The van der Waals surface area contributed by atoms with Crippen molar-refractivity contribution < 1.29 is 8.83 Å². The molecule has 1 unspecified atom stereocenters. The molecule has 3 aliphatic carbocycles. The van der Waals surface area contributed by atoms with Crippen LogP contribution < -0.4 is 4.90 Å². The van der Waals surface area contributed by atoms with Crippen LogP contribution in [0, 0.1) is 0 Å². The van der Waals surface area contributed by atoms with Gasteiger partial charge in [-0.25, -0.2) is 0 Å². The van der Waals surface area contributed by atoms with Gasteiger partial charge >= 0.3 is 0 Å². The van der Waals surface area contributed by atoms with Gasteiger partial charge in [-0.15, -0.1) is 0 Å². The van der Waals surface area contributed by atoms with Crippen LogP contribution in [0.4, 0.5) is 11.4 Å². The second kappa shape index (κ2) is 11.5. The van der Waals surface area contributed by atoms with E-state index in [9.17, 15) is 0 Å². The number of furan rings is 2. The van der Waals surface area contributed by atoms with Crippen LogP contribution >= 0.6 is 0 Å². The van der Waals surface area contributed by atoms with Gasteiger partial charge in [-0.05, 0) is 87.3 Å². The molecule has 0 amide bonds. The van der Waals surface area contributed by atoms with Gasteiger partial charge in [0.15, 0.2) is 0 Å². The van der Waals surface area contributed by atoms with Crippen LogP contribution in [0.1, 0.15) is 56.4 Å². The highest BCUT2D eigenvalue weighted by molar-refractivity contribution is 6.13. The number of rotatable bonds is 4. The Balaban J connectivity index is 1.01. The smallest absolute Gasteiger partial charge is 0.143 e. The predicted molar refractivity (Wildman–Crippen MR) is 237 cm³/mol. The Morgan fingerprint density at radius 3 is 1.77 bits per heavy atom. The van der Waals surface area contributed by atoms with Crippen LogP contribution in [0.2, 0.25) is 0 Å². The molecule has 274 valence electrons. The van der Waals surface area contributed by atoms with E-state index in [1.807, 2.05) is 0 Å². The van der Waals surface area contributed by atoms with Crippen molar-refractivity contribution in [2.75, 3.05) is 4.90 Å². The van der Waals surface area contributed by atoms with E-state index in [-0.39, 0.29) is 16.9 Å². The summed E-state index contributed by atoms with van der Waals surface area (Å²) >= 11 is 0. The molecule has 0 bridgehead atoms. The summed E-state index contributed by atoms with van der Waals surface area (Å²) in [6.45, 7) is 9.48. The summed E-state index contributed by atoms with van der Waals surface area (Å²) in [6, 6.07) is 53.1. The van der Waals surface area contributed by atoms with E-state index in [0.717, 1.165) is 28.8 Å². The van der Waals surface area contributed by atoms with E-state index in [1.54, 1.807) is 0 Å². The van der Waals surface area contributed by atoms with Gasteiger partial charge in [0.1, 0.15) is 22.3 Å². The van der Waals surface area contributed by atoms with Crippen LogP contribution in [0.3, 0.4) is 0 Å². The maximum absolute atomic E-state index is 6.65. The molecule has 3 nitrogen and oxygen atoms in total. The van der Waals surface area contributed by atoms with Crippen molar-refractivity contribution in [3.05, 3.63) is 186 Å². The molecule has 0 radical (unpaired) electrons. The van der Waals surface area contributed by atoms with Gasteiger partial charge in [0.2, 0.25) is 0 Å². The first kappa shape index (κ1) is 32.6. The summed E-state index contributed by atoms with van der Waals surface area (Å²) in [5, 5.41) is 4.70. The summed E-state index contributed by atoms with van der Waals surface area (Å²) in [6.07, 6.45) is 5.91. The lowest BCUT2D eigenvalue weighted by Gasteiger charge is -2.36. The summed E-state index contributed by atoms with van der Waals surface area (Å²) in [5.41, 5.74) is 18.7. The molecule has 0 spiro atoms. The van der Waals surface area contributed by atoms with Crippen LogP contribution in [0.5, 0.6) is 0 Å². The molecule has 12 rings (SSSR count). The largest absolute Gasteiger partial charge is 0.455 e. The summed E-state index contributed by atoms with van der Waals surface area (Å²) < 4.78 is 13.3. The zero-order chi connectivity index (χ0) is 38.2. The SMILES string of the molecule is CC1(C)C2=CC(N(c3ccc(-c4ccccc4)cc3)c3ccc4c(c3)C(C)(C)c3ccc5c(oc6ccccc65)c3-4)CC=C2c2c1ccc1c2oc2ccccc21. The highest BCUT2D eigenvalue weighted by Gasteiger charge is 2.43. The van der Waals surface area contributed by atoms with Gasteiger partial charge in [0, 0.05) is 54.9 Å². The molecule has 3 aliphatic rings. The lowest BCUT2D eigenvalue weighted by molar-refractivity contribution is 0.640. The van der Waals surface area contributed by atoms with E-state index in [4.69, 9.17) is 8.83 Å². The second-order valence-electron chi connectivity index (χ2n) is 17.2. The van der Waals surface area contributed by atoms with Crippen molar-refractivity contribution in [1.29, 1.82) is 0 Å². The van der Waals surface area contributed by atoms with Crippen molar-refractivity contribution in [2.45, 2.75) is 51.0 Å². The van der Waals surface area contributed by atoms with Crippen LogP contribution in [0.15, 0.2) is 172 Å². The first-order valence-corrected chi connectivity index (χ1v) is 20.2. The average Bonchev–Trinajstić information content (AvgIpc) is 3.94. The molecule has 7 aromatic carbocycles. The number of allylic oxidation sites excluding steroid dienone is 2. The molecule has 9 aromatic rings. The third kappa shape index (κ3) is 4.48. The van der Waals surface area contributed by atoms with Gasteiger partial charge in [-0.3, -0.25) is 0 Å². The third-order valence-electron chi connectivity index (χ3n) is 13.4. The molecular formula is C54H41NO2. The Morgan fingerprint density at radius 2 is 1.09 bits per heavy atom. The maximum atomic E-state index is 6.65. The first-order valence-electron chi connectivity index (χ1n) is 20.2. The number of fused-ring (bicyclic) bond motifs is 14. The summed E-state index contributed by atoms with van der Waals surface area (Å²) in [5.74, 6) is 0. The average molecular weight is 736 g/mol. The van der Waals surface area contributed by atoms with Crippen LogP contribution in [-0.4, -0.2) is 6.04 Å². The molecule has 57 heavy (non-hydrogen) atoms. The lowest BCUT2D eigenvalue weighted by atomic mass is 9.79. The van der Waals surface area contributed by atoms with Crippen LogP contribution in [-0.2, 0) is 10.8 Å². The van der Waals surface area contributed by atoms with E-state index in [2.05, 4.69) is 190 Å². The Bertz CT molecular complexity index is 3210. The highest BCUT2D eigenvalue weighted by atomic mass is 16.3. The Labute approximate surface area is 332 Å². The summed E-state index contributed by atoms with van der Waals surface area (Å²) in [7, 11) is 0. The van der Waals surface area contributed by atoms with Crippen molar-refractivity contribution in [3.63, 3.8) is 0 Å². The molecule has 3 heteroatoms. The molecule has 0 saturated heterocycles. The number of nitrogens with zero attached hydrogens (tertiary/aromatic N) is 1. The zero-order valence-electron chi connectivity index (χ0n) is 32.6. The standard InChI is InChI=1S/C54H41NO2/c1-53(2)43-28-26-39-37-14-8-10-16-47(37)56-51(39)49(43)41-24-22-35(30-45(41)53)55(34-20-18-33(19-21-34)32-12-6-5-7-13-32)36-23-25-42-46(31-36)54(3,4)44-29-27-40-38-15-9-11-17-48(38)57-52(40)50(42)44/h5-22,24-31,36H,23H2,1-4H3. The molecule has 0 aliphatic heterocycles. The van der Waals surface area contributed by atoms with Crippen molar-refractivity contribution in [2.24, 2.45) is 0 Å². The van der Waals surface area contributed by atoms with E-state index < -0.39 is 0 Å². The Kier molecular flexibility index (Phi) is 6.58. The molecule has 2 heterocycles. The minimum absolute atomic E-state index is 0.0955. The second-order valence-corrected chi connectivity index (χ2v) is 17.2. The minimum Gasteiger partial charge on any atom is -0.455 e. The fourth-order valence-electron chi connectivity index (χ4n) is 10.5. The fraction of sp³-hybridized carbons (Fsp3) is 0.148. The third-order valence-corrected chi connectivity index (χ3v) is 13.4. The minimum atomic E-state index is -0.207.